The lowest BCUT2D eigenvalue weighted by molar-refractivity contribution is 0.0534. The molecule has 0 fully saturated rings. The molecule has 2 aliphatic rings. The van der Waals surface area contributed by atoms with E-state index in [4.69, 9.17) is 10.5 Å². The van der Waals surface area contributed by atoms with Crippen LogP contribution in [0.1, 0.15) is 33.4 Å². The van der Waals surface area contributed by atoms with Crippen LogP contribution in [0.4, 0.5) is 5.82 Å². The largest absolute Gasteiger partial charge is 0.473 e. The maximum Gasteiger partial charge on any atom is 0.261 e. The Morgan fingerprint density at radius 2 is 1.85 bits per heavy atom. The van der Waals surface area contributed by atoms with Gasteiger partial charge in [0.05, 0.1) is 17.7 Å². The van der Waals surface area contributed by atoms with Crippen LogP contribution in [-0.2, 0) is 4.74 Å². The molecule has 134 valence electrons. The average molecular weight is 362 g/mol. The minimum absolute atomic E-state index is 0.0899. The molecule has 9 heteroatoms. The molecule has 4 heterocycles. The van der Waals surface area contributed by atoms with E-state index in [1.165, 1.54) is 11.2 Å². The van der Waals surface area contributed by atoms with Gasteiger partial charge < -0.3 is 10.5 Å². The fourth-order valence-corrected chi connectivity index (χ4v) is 3.39. The van der Waals surface area contributed by atoms with Crippen LogP contribution in [0.25, 0.3) is 11.2 Å². The minimum atomic E-state index is -0.366. The first-order chi connectivity index (χ1) is 13.1. The Morgan fingerprint density at radius 3 is 2.59 bits per heavy atom. The number of carbonyl (C=O) groups excluding carboxylic acids is 2. The third-order valence-corrected chi connectivity index (χ3v) is 4.72. The molecule has 5 rings (SSSR count). The first-order valence-electron chi connectivity index (χ1n) is 8.37. The molecule has 0 spiro atoms. The number of aromatic nitrogens is 4. The fraction of sp³-hybridized carbons (Fsp3) is 0.167. The molecular formula is C18H14N6O3. The van der Waals surface area contributed by atoms with Gasteiger partial charge in [0, 0.05) is 6.42 Å². The summed E-state index contributed by atoms with van der Waals surface area (Å²) >= 11 is 0. The van der Waals surface area contributed by atoms with E-state index < -0.39 is 0 Å². The van der Waals surface area contributed by atoms with Crippen LogP contribution in [0, 0.1) is 0 Å². The fourth-order valence-electron chi connectivity index (χ4n) is 3.39. The molecule has 0 aliphatic carbocycles. The van der Waals surface area contributed by atoms with Gasteiger partial charge in [-0.05, 0) is 18.2 Å². The van der Waals surface area contributed by atoms with Crippen molar-refractivity contribution in [1.29, 1.82) is 0 Å². The van der Waals surface area contributed by atoms with Crippen molar-refractivity contribution in [2.24, 2.45) is 0 Å². The van der Waals surface area contributed by atoms with E-state index in [0.717, 1.165) is 0 Å². The van der Waals surface area contributed by atoms with E-state index in [1.54, 1.807) is 35.2 Å². The zero-order chi connectivity index (χ0) is 18.5. The summed E-state index contributed by atoms with van der Waals surface area (Å²) < 4.78 is 7.71. The zero-order valence-corrected chi connectivity index (χ0v) is 14.1. The van der Waals surface area contributed by atoms with E-state index in [9.17, 15) is 9.59 Å². The molecule has 27 heavy (non-hydrogen) atoms. The summed E-state index contributed by atoms with van der Waals surface area (Å²) in [7, 11) is 0. The summed E-state index contributed by atoms with van der Waals surface area (Å²) in [6.45, 7) is 0.0899. The monoisotopic (exact) mass is 362 g/mol. The van der Waals surface area contributed by atoms with Crippen molar-refractivity contribution < 1.29 is 14.3 Å². The molecule has 2 amide bonds. The highest BCUT2D eigenvalue weighted by Gasteiger charge is 2.36. The minimum Gasteiger partial charge on any atom is -0.473 e. The van der Waals surface area contributed by atoms with Crippen LogP contribution < -0.4 is 5.73 Å². The second-order valence-electron chi connectivity index (χ2n) is 6.30. The van der Waals surface area contributed by atoms with Crippen LogP contribution in [0.15, 0.2) is 48.8 Å². The molecule has 2 aromatic heterocycles. The second-order valence-corrected chi connectivity index (χ2v) is 6.30. The molecule has 0 saturated heterocycles. The van der Waals surface area contributed by atoms with Gasteiger partial charge in [-0.3, -0.25) is 19.1 Å². The predicted octanol–water partition coefficient (Wildman–Crippen LogP) is 1.51. The number of hydrogen-bond acceptors (Lipinski definition) is 7. The topological polar surface area (TPSA) is 116 Å². The quantitative estimate of drug-likeness (QED) is 0.702. The van der Waals surface area contributed by atoms with Gasteiger partial charge in [0.2, 0.25) is 0 Å². The van der Waals surface area contributed by atoms with Crippen molar-refractivity contribution >= 4 is 28.8 Å². The summed E-state index contributed by atoms with van der Waals surface area (Å²) in [6, 6.07) is 6.80. The first kappa shape index (κ1) is 15.5. The summed E-state index contributed by atoms with van der Waals surface area (Å²) in [5, 5.41) is 0. The van der Waals surface area contributed by atoms with Gasteiger partial charge in [-0.15, -0.1) is 0 Å². The number of amides is 2. The van der Waals surface area contributed by atoms with E-state index in [0.29, 0.717) is 40.3 Å². The van der Waals surface area contributed by atoms with E-state index >= 15 is 0 Å². The van der Waals surface area contributed by atoms with Crippen molar-refractivity contribution in [3.8, 4) is 0 Å². The van der Waals surface area contributed by atoms with Crippen LogP contribution >= 0.6 is 0 Å². The third kappa shape index (κ3) is 2.28. The van der Waals surface area contributed by atoms with E-state index in [2.05, 4.69) is 15.0 Å². The summed E-state index contributed by atoms with van der Waals surface area (Å²) in [4.78, 5) is 38.6. The summed E-state index contributed by atoms with van der Waals surface area (Å²) in [6.07, 6.45) is 5.03. The molecule has 0 unspecified atom stereocenters. The van der Waals surface area contributed by atoms with Crippen molar-refractivity contribution in [2.45, 2.75) is 12.6 Å². The number of imidazole rings is 1. The van der Waals surface area contributed by atoms with Crippen molar-refractivity contribution in [1.82, 2.24) is 24.4 Å². The first-order valence-corrected chi connectivity index (χ1v) is 8.37. The number of fused-ring (bicyclic) bond motifs is 2. The van der Waals surface area contributed by atoms with Crippen LogP contribution in [0.5, 0.6) is 0 Å². The molecule has 0 bridgehead atoms. The third-order valence-electron chi connectivity index (χ3n) is 4.72. The van der Waals surface area contributed by atoms with Gasteiger partial charge >= 0.3 is 0 Å². The summed E-state index contributed by atoms with van der Waals surface area (Å²) in [5.74, 6) is 0.239. The number of nitrogens with two attached hydrogens (primary N) is 1. The molecule has 0 radical (unpaired) electrons. The lowest BCUT2D eigenvalue weighted by atomic mass is 10.1. The maximum absolute atomic E-state index is 12.5. The average Bonchev–Trinajstić information content (AvgIpc) is 3.37. The van der Waals surface area contributed by atoms with Gasteiger partial charge in [0.25, 0.3) is 11.8 Å². The lowest BCUT2D eigenvalue weighted by Crippen LogP contribution is -2.32. The van der Waals surface area contributed by atoms with Crippen molar-refractivity contribution in [3.63, 3.8) is 0 Å². The Hall–Kier alpha value is -3.75. The SMILES string of the molecule is Nc1ncnc2c1ncn2[C@H]1CC=C(CN2C(=O)c3ccccc3C2=O)O1. The molecule has 2 aliphatic heterocycles. The Labute approximate surface area is 153 Å². The second kappa shape index (κ2) is 5.63. The molecule has 1 aromatic carbocycles. The Bertz CT molecular complexity index is 1100. The standard InChI is InChI=1S/C18H14N6O3/c19-15-14-16(21-8-20-15)24(9-22-14)13-6-5-10(27-13)7-23-17(25)11-3-1-2-4-12(11)18(23)26/h1-5,8-9,13H,6-7H2,(H2,19,20,21)/t13-/m1/s1. The van der Waals surface area contributed by atoms with Crippen LogP contribution in [0.3, 0.4) is 0 Å². The number of ether oxygens (including phenoxy) is 1. The molecule has 3 aromatic rings. The lowest BCUT2D eigenvalue weighted by Gasteiger charge is -2.18. The Kier molecular flexibility index (Phi) is 3.23. The zero-order valence-electron chi connectivity index (χ0n) is 14.1. The smallest absolute Gasteiger partial charge is 0.261 e. The predicted molar refractivity (Wildman–Crippen MR) is 94.4 cm³/mol. The number of rotatable bonds is 3. The summed E-state index contributed by atoms with van der Waals surface area (Å²) in [5.41, 5.74) is 7.74. The van der Waals surface area contributed by atoms with Crippen LogP contribution in [-0.4, -0.2) is 42.8 Å². The van der Waals surface area contributed by atoms with E-state index in [-0.39, 0.29) is 24.6 Å². The van der Waals surface area contributed by atoms with Gasteiger partial charge in [-0.2, -0.15) is 0 Å². The highest BCUT2D eigenvalue weighted by atomic mass is 16.5. The molecule has 9 nitrogen and oxygen atoms in total. The molecule has 2 N–H and O–H groups in total. The number of benzene rings is 1. The number of imide groups is 1. The van der Waals surface area contributed by atoms with Gasteiger partial charge in [-0.1, -0.05) is 12.1 Å². The normalized spacial score (nSPS) is 18.7. The maximum atomic E-state index is 12.5. The van der Waals surface area contributed by atoms with Gasteiger partial charge in [0.1, 0.15) is 23.9 Å². The van der Waals surface area contributed by atoms with E-state index in [1.807, 2.05) is 6.08 Å². The highest BCUT2D eigenvalue weighted by molar-refractivity contribution is 6.21. The van der Waals surface area contributed by atoms with Gasteiger partial charge in [-0.25, -0.2) is 15.0 Å². The molecule has 0 saturated carbocycles. The van der Waals surface area contributed by atoms with Crippen molar-refractivity contribution in [2.75, 3.05) is 12.3 Å². The number of carbonyl (C=O) groups is 2. The van der Waals surface area contributed by atoms with Crippen molar-refractivity contribution in [3.05, 3.63) is 59.9 Å². The molecule has 1 atom stereocenters. The number of hydrogen-bond donors (Lipinski definition) is 1. The Morgan fingerprint density at radius 1 is 1.11 bits per heavy atom. The number of nitrogens with zero attached hydrogens (tertiary/aromatic N) is 5. The van der Waals surface area contributed by atoms with Gasteiger partial charge in [0.15, 0.2) is 17.7 Å². The Balaban J connectivity index is 1.35. The number of nitrogen functional groups attached to an aromatic ring is 1. The highest BCUT2D eigenvalue weighted by Crippen LogP contribution is 2.31. The number of anilines is 1. The molecular weight excluding hydrogens is 348 g/mol. The van der Waals surface area contributed by atoms with Crippen LogP contribution in [0.2, 0.25) is 0 Å².